The van der Waals surface area contributed by atoms with Gasteiger partial charge in [0.2, 0.25) is 15.9 Å². The molecule has 0 radical (unpaired) electrons. The van der Waals surface area contributed by atoms with Gasteiger partial charge in [-0.1, -0.05) is 58.0 Å². The van der Waals surface area contributed by atoms with Gasteiger partial charge in [0.1, 0.15) is 11.8 Å². The molecule has 12 heteroatoms. The highest BCUT2D eigenvalue weighted by Crippen LogP contribution is 2.23. The third kappa shape index (κ3) is 9.16. The van der Waals surface area contributed by atoms with E-state index < -0.39 is 46.0 Å². The number of thiazole rings is 1. The lowest BCUT2D eigenvalue weighted by atomic mass is 9.83. The van der Waals surface area contributed by atoms with E-state index in [1.807, 2.05) is 44.2 Å². The Kier molecular flexibility index (Phi) is 10.8. The van der Waals surface area contributed by atoms with Gasteiger partial charge in [-0.25, -0.2) is 13.4 Å². The van der Waals surface area contributed by atoms with Gasteiger partial charge in [-0.05, 0) is 23.8 Å². The number of anilines is 1. The number of amides is 2. The first-order chi connectivity index (χ1) is 16.8. The van der Waals surface area contributed by atoms with Gasteiger partial charge in [0, 0.05) is 11.9 Å². The van der Waals surface area contributed by atoms with Crippen molar-refractivity contribution in [3.8, 4) is 0 Å². The lowest BCUT2D eigenvalue weighted by Gasteiger charge is -2.34. The fourth-order valence-corrected chi connectivity index (χ4v) is 5.37. The Hall–Kier alpha value is -2.54. The standard InChI is InChI=1S/C24H36N4O6S2/c1-14(2)11-17(26-22(31)18-13-35-24(27-18)28-36(5,33)34)20(29)21(30)19(15(3)4)23(32)25-12-16-9-7-6-8-10-16/h6-10,13-15,17,19-21,29-30H,11-12H2,1-5H3,(H,25,32)(H,26,31)(H,27,28)/t17-,19+,20+,21+/m0/s1. The van der Waals surface area contributed by atoms with Crippen LogP contribution >= 0.6 is 11.3 Å². The summed E-state index contributed by atoms with van der Waals surface area (Å²) >= 11 is 0.950. The zero-order chi connectivity index (χ0) is 27.0. The fourth-order valence-electron chi connectivity index (χ4n) is 3.82. The van der Waals surface area contributed by atoms with Crippen LogP contribution in [0.25, 0.3) is 0 Å². The van der Waals surface area contributed by atoms with E-state index >= 15 is 0 Å². The van der Waals surface area contributed by atoms with Crippen LogP contribution < -0.4 is 15.4 Å². The van der Waals surface area contributed by atoms with Crippen molar-refractivity contribution in [2.75, 3.05) is 11.0 Å². The predicted octanol–water partition coefficient (Wildman–Crippen LogP) is 1.97. The minimum atomic E-state index is -3.55. The first-order valence-corrected chi connectivity index (χ1v) is 14.5. The van der Waals surface area contributed by atoms with Crippen LogP contribution in [0.1, 0.15) is 50.2 Å². The number of carbonyl (C=O) groups is 2. The number of rotatable bonds is 13. The number of hydrogen-bond donors (Lipinski definition) is 5. The van der Waals surface area contributed by atoms with E-state index in [1.165, 1.54) is 5.38 Å². The minimum Gasteiger partial charge on any atom is -0.390 e. The van der Waals surface area contributed by atoms with Crippen LogP contribution in [0, 0.1) is 17.8 Å². The number of benzene rings is 1. The first-order valence-electron chi connectivity index (χ1n) is 11.7. The smallest absolute Gasteiger partial charge is 0.271 e. The highest BCUT2D eigenvalue weighted by molar-refractivity contribution is 7.92. The molecule has 2 amide bonds. The lowest BCUT2D eigenvalue weighted by Crippen LogP contribution is -2.54. The Labute approximate surface area is 216 Å². The summed E-state index contributed by atoms with van der Waals surface area (Å²) in [6.07, 6.45) is -1.56. The van der Waals surface area contributed by atoms with Crippen molar-refractivity contribution in [3.05, 3.63) is 47.0 Å². The second-order valence-electron chi connectivity index (χ2n) is 9.58. The van der Waals surface area contributed by atoms with Gasteiger partial charge in [-0.2, -0.15) is 0 Å². The van der Waals surface area contributed by atoms with Gasteiger partial charge in [-0.3, -0.25) is 14.3 Å². The monoisotopic (exact) mass is 540 g/mol. The number of nitrogens with one attached hydrogen (secondary N) is 3. The Morgan fingerprint density at radius 2 is 1.69 bits per heavy atom. The van der Waals surface area contributed by atoms with Gasteiger partial charge in [-0.15, -0.1) is 11.3 Å². The third-order valence-electron chi connectivity index (χ3n) is 5.51. The van der Waals surface area contributed by atoms with Crippen LogP contribution in [0.3, 0.4) is 0 Å². The molecule has 10 nitrogen and oxygen atoms in total. The molecule has 200 valence electrons. The van der Waals surface area contributed by atoms with Gasteiger partial charge in [0.05, 0.1) is 24.3 Å². The molecule has 5 N–H and O–H groups in total. The lowest BCUT2D eigenvalue weighted by molar-refractivity contribution is -0.136. The van der Waals surface area contributed by atoms with Gasteiger partial charge < -0.3 is 20.8 Å². The molecular weight excluding hydrogens is 504 g/mol. The van der Waals surface area contributed by atoms with Crippen LogP contribution in [0.15, 0.2) is 35.7 Å². The summed E-state index contributed by atoms with van der Waals surface area (Å²) in [5.74, 6) is -2.17. The summed E-state index contributed by atoms with van der Waals surface area (Å²) < 4.78 is 25.0. The van der Waals surface area contributed by atoms with Crippen LogP contribution in [0.5, 0.6) is 0 Å². The number of aromatic nitrogens is 1. The average molecular weight is 541 g/mol. The van der Waals surface area contributed by atoms with Crippen molar-refractivity contribution in [1.29, 1.82) is 0 Å². The molecule has 0 aliphatic carbocycles. The van der Waals surface area contributed by atoms with Crippen molar-refractivity contribution in [2.24, 2.45) is 17.8 Å². The van der Waals surface area contributed by atoms with Crippen molar-refractivity contribution >= 4 is 38.3 Å². The van der Waals surface area contributed by atoms with E-state index in [-0.39, 0.29) is 29.2 Å². The predicted molar refractivity (Wildman–Crippen MR) is 140 cm³/mol. The SMILES string of the molecule is CC(C)C[C@H](NC(=O)c1csc(NS(C)(=O)=O)n1)[C@@H](O)[C@H](O)[C@H](C(=O)NCc1ccccc1)C(C)C. The Morgan fingerprint density at radius 3 is 2.25 bits per heavy atom. The van der Waals surface area contributed by atoms with E-state index in [0.29, 0.717) is 6.42 Å². The molecule has 36 heavy (non-hydrogen) atoms. The Balaban J connectivity index is 2.14. The van der Waals surface area contributed by atoms with Gasteiger partial charge >= 0.3 is 0 Å². The topological polar surface area (TPSA) is 158 Å². The summed E-state index contributed by atoms with van der Waals surface area (Å²) in [5.41, 5.74) is 0.879. The molecule has 1 aromatic heterocycles. The number of carbonyl (C=O) groups excluding carboxylic acids is 2. The average Bonchev–Trinajstić information content (AvgIpc) is 3.23. The van der Waals surface area contributed by atoms with Crippen LogP contribution in [0.4, 0.5) is 5.13 Å². The molecule has 0 spiro atoms. The quantitative estimate of drug-likeness (QED) is 0.260. The zero-order valence-electron chi connectivity index (χ0n) is 21.1. The number of nitrogens with zero attached hydrogens (tertiary/aromatic N) is 1. The molecule has 0 fully saturated rings. The molecule has 0 saturated heterocycles. The molecule has 1 aromatic carbocycles. The molecule has 0 aliphatic heterocycles. The summed E-state index contributed by atoms with van der Waals surface area (Å²) in [6.45, 7) is 7.66. The van der Waals surface area contributed by atoms with E-state index in [0.717, 1.165) is 23.2 Å². The molecule has 0 saturated carbocycles. The van der Waals surface area contributed by atoms with Gasteiger partial charge in [0.15, 0.2) is 5.13 Å². The van der Waals surface area contributed by atoms with Crippen LogP contribution in [0.2, 0.25) is 0 Å². The van der Waals surface area contributed by atoms with Crippen molar-refractivity contribution in [1.82, 2.24) is 15.6 Å². The minimum absolute atomic E-state index is 0.0254. The third-order valence-corrected chi connectivity index (χ3v) is 6.96. The molecule has 0 aliphatic rings. The maximum Gasteiger partial charge on any atom is 0.271 e. The summed E-state index contributed by atoms with van der Waals surface area (Å²) in [5, 5.41) is 29.1. The van der Waals surface area contributed by atoms with Crippen LogP contribution in [-0.2, 0) is 21.4 Å². The zero-order valence-corrected chi connectivity index (χ0v) is 22.8. The van der Waals surface area contributed by atoms with E-state index in [2.05, 4.69) is 20.3 Å². The van der Waals surface area contributed by atoms with Crippen molar-refractivity contribution in [3.63, 3.8) is 0 Å². The highest BCUT2D eigenvalue weighted by Gasteiger charge is 2.38. The summed E-state index contributed by atoms with van der Waals surface area (Å²) in [7, 11) is -3.55. The molecule has 0 unspecified atom stereocenters. The number of sulfonamides is 1. The maximum atomic E-state index is 13.0. The van der Waals surface area contributed by atoms with E-state index in [9.17, 15) is 28.2 Å². The molecule has 4 atom stereocenters. The van der Waals surface area contributed by atoms with Crippen molar-refractivity contribution < 1.29 is 28.2 Å². The molecule has 1 heterocycles. The van der Waals surface area contributed by atoms with E-state index in [4.69, 9.17) is 0 Å². The Morgan fingerprint density at radius 1 is 1.06 bits per heavy atom. The largest absolute Gasteiger partial charge is 0.390 e. The summed E-state index contributed by atoms with van der Waals surface area (Å²) in [6, 6.07) is 8.48. The first kappa shape index (κ1) is 29.7. The second kappa shape index (κ2) is 13.1. The number of aliphatic hydroxyl groups is 2. The van der Waals surface area contributed by atoms with E-state index in [1.54, 1.807) is 13.8 Å². The Bertz CT molecular complexity index is 1100. The molecular formula is C24H36N4O6S2. The fraction of sp³-hybridized carbons (Fsp3) is 0.542. The van der Waals surface area contributed by atoms with Crippen LogP contribution in [-0.4, -0.2) is 59.9 Å². The summed E-state index contributed by atoms with van der Waals surface area (Å²) in [4.78, 5) is 29.8. The van der Waals surface area contributed by atoms with Gasteiger partial charge in [0.25, 0.3) is 5.91 Å². The maximum absolute atomic E-state index is 13.0. The molecule has 0 bridgehead atoms. The molecule has 2 aromatic rings. The number of hydrogen-bond acceptors (Lipinski definition) is 8. The number of aliphatic hydroxyl groups excluding tert-OH is 2. The highest BCUT2D eigenvalue weighted by atomic mass is 32.2. The normalized spacial score (nSPS) is 15.2. The van der Waals surface area contributed by atoms with Crippen molar-refractivity contribution in [2.45, 2.75) is 58.9 Å². The molecule has 2 rings (SSSR count). The second-order valence-corrected chi connectivity index (χ2v) is 12.2.